The highest BCUT2D eigenvalue weighted by atomic mass is 19.1. The van der Waals surface area contributed by atoms with Crippen LogP contribution in [0.5, 0.6) is 0 Å². The van der Waals surface area contributed by atoms with Crippen molar-refractivity contribution in [3.63, 3.8) is 0 Å². The molecule has 1 N–H and O–H groups in total. The third-order valence-electron chi connectivity index (χ3n) is 6.49. The van der Waals surface area contributed by atoms with Crippen molar-refractivity contribution in [3.05, 3.63) is 90.0 Å². The van der Waals surface area contributed by atoms with Gasteiger partial charge in [-0.2, -0.15) is 0 Å². The molecular weight excluding hydrogens is 464 g/mol. The number of carbonyl (C=O) groups is 2. The van der Waals surface area contributed by atoms with Crippen molar-refractivity contribution in [1.29, 1.82) is 0 Å². The number of fused-ring (bicyclic) bond motifs is 1. The average Bonchev–Trinajstić information content (AvgIpc) is 3.54. The minimum absolute atomic E-state index is 0.0452. The number of hydrogen-bond donors (Lipinski definition) is 1. The Morgan fingerprint density at radius 2 is 1.67 bits per heavy atom. The molecular formula is C27H25F2N5O2. The van der Waals surface area contributed by atoms with Gasteiger partial charge in [0.1, 0.15) is 29.7 Å². The fraction of sp³-hybridized carbons (Fsp3) is 0.259. The van der Waals surface area contributed by atoms with Crippen LogP contribution in [0, 0.1) is 11.6 Å². The van der Waals surface area contributed by atoms with Crippen LogP contribution >= 0.6 is 0 Å². The van der Waals surface area contributed by atoms with Gasteiger partial charge in [0.25, 0.3) is 0 Å². The Labute approximate surface area is 206 Å². The summed E-state index contributed by atoms with van der Waals surface area (Å²) in [5.74, 6) is -2.12. The van der Waals surface area contributed by atoms with Crippen molar-refractivity contribution in [3.8, 4) is 0 Å². The Hall–Kier alpha value is -4.14. The molecule has 0 bridgehead atoms. The van der Waals surface area contributed by atoms with Crippen LogP contribution < -0.4 is 10.2 Å². The number of nitrogens with zero attached hydrogens (tertiary/aromatic N) is 4. The number of benzene rings is 3. The van der Waals surface area contributed by atoms with Crippen LogP contribution in [-0.2, 0) is 16.1 Å². The fourth-order valence-electron chi connectivity index (χ4n) is 4.72. The summed E-state index contributed by atoms with van der Waals surface area (Å²) >= 11 is 0. The summed E-state index contributed by atoms with van der Waals surface area (Å²) in [6.45, 7) is -0.250. The van der Waals surface area contributed by atoms with Crippen molar-refractivity contribution in [2.24, 2.45) is 0 Å². The highest BCUT2D eigenvalue weighted by molar-refractivity contribution is 6.01. The molecule has 0 radical (unpaired) electrons. The maximum absolute atomic E-state index is 15.1. The third-order valence-corrected chi connectivity index (χ3v) is 6.49. The maximum Gasteiger partial charge on any atom is 0.249 e. The first-order valence-electron chi connectivity index (χ1n) is 11.9. The first-order chi connectivity index (χ1) is 17.5. The third kappa shape index (κ3) is 4.82. The molecule has 1 aromatic heterocycles. The van der Waals surface area contributed by atoms with E-state index < -0.39 is 29.5 Å². The lowest BCUT2D eigenvalue weighted by Gasteiger charge is -2.32. The standard InChI is InChI=1S/C27H25F2N5O2/c28-18-13-15-20(16-14-18)34(25(35)17-33-24-12-6-5-11-23(24)31-32-33)26(21-9-3-4-10-22(21)29)27(36)30-19-7-1-2-8-19/h3-6,9-16,19,26H,1-2,7-8,17H2,(H,30,36). The van der Waals surface area contributed by atoms with Crippen molar-refractivity contribution in [2.45, 2.75) is 44.3 Å². The number of nitrogens with one attached hydrogen (secondary N) is 1. The Morgan fingerprint density at radius 3 is 2.42 bits per heavy atom. The molecule has 3 aromatic carbocycles. The molecule has 9 heteroatoms. The molecule has 1 heterocycles. The molecule has 36 heavy (non-hydrogen) atoms. The fourth-order valence-corrected chi connectivity index (χ4v) is 4.72. The molecule has 7 nitrogen and oxygen atoms in total. The van der Waals surface area contributed by atoms with Gasteiger partial charge >= 0.3 is 0 Å². The van der Waals surface area contributed by atoms with Crippen molar-refractivity contribution < 1.29 is 18.4 Å². The van der Waals surface area contributed by atoms with Gasteiger partial charge in [0.05, 0.1) is 5.52 Å². The zero-order valence-electron chi connectivity index (χ0n) is 19.5. The Bertz CT molecular complexity index is 1380. The van der Waals surface area contributed by atoms with Gasteiger partial charge in [0.15, 0.2) is 0 Å². The SMILES string of the molecule is O=C(NC1CCCC1)C(c1ccccc1F)N(C(=O)Cn1nnc2ccccc21)c1ccc(F)cc1. The van der Waals surface area contributed by atoms with E-state index in [0.29, 0.717) is 11.0 Å². The van der Waals surface area contributed by atoms with E-state index in [4.69, 9.17) is 0 Å². The Morgan fingerprint density at radius 1 is 0.972 bits per heavy atom. The van der Waals surface area contributed by atoms with Gasteiger partial charge in [-0.1, -0.05) is 48.4 Å². The Kier molecular flexibility index (Phi) is 6.71. The number of hydrogen-bond acceptors (Lipinski definition) is 4. The summed E-state index contributed by atoms with van der Waals surface area (Å²) in [4.78, 5) is 28.7. The maximum atomic E-state index is 15.1. The zero-order valence-corrected chi connectivity index (χ0v) is 19.5. The summed E-state index contributed by atoms with van der Waals surface area (Å²) in [5.41, 5.74) is 1.57. The van der Waals surface area contributed by atoms with Gasteiger partial charge in [0, 0.05) is 17.3 Å². The smallest absolute Gasteiger partial charge is 0.249 e. The second kappa shape index (κ2) is 10.2. The molecule has 1 atom stereocenters. The number of anilines is 1. The predicted molar refractivity (Wildman–Crippen MR) is 131 cm³/mol. The summed E-state index contributed by atoms with van der Waals surface area (Å²) in [7, 11) is 0. The first-order valence-corrected chi connectivity index (χ1v) is 11.9. The molecule has 2 amide bonds. The van der Waals surface area contributed by atoms with Crippen LogP contribution in [0.15, 0.2) is 72.8 Å². The molecule has 0 saturated heterocycles. The zero-order chi connectivity index (χ0) is 25.1. The van der Waals surface area contributed by atoms with E-state index in [0.717, 1.165) is 25.7 Å². The lowest BCUT2D eigenvalue weighted by atomic mass is 10.0. The van der Waals surface area contributed by atoms with Gasteiger partial charge < -0.3 is 5.32 Å². The van der Waals surface area contributed by atoms with Gasteiger partial charge in [0.2, 0.25) is 11.8 Å². The van der Waals surface area contributed by atoms with E-state index in [1.165, 1.54) is 52.0 Å². The predicted octanol–water partition coefficient (Wildman–Crippen LogP) is 4.54. The van der Waals surface area contributed by atoms with Crippen LogP contribution in [0.2, 0.25) is 0 Å². The van der Waals surface area contributed by atoms with E-state index in [2.05, 4.69) is 15.6 Å². The molecule has 184 valence electrons. The highest BCUT2D eigenvalue weighted by Crippen LogP contribution is 2.31. The van der Waals surface area contributed by atoms with Crippen molar-refractivity contribution in [1.82, 2.24) is 20.3 Å². The quantitative estimate of drug-likeness (QED) is 0.413. The van der Waals surface area contributed by atoms with Gasteiger partial charge in [-0.15, -0.1) is 5.10 Å². The summed E-state index contributed by atoms with van der Waals surface area (Å²) in [6, 6.07) is 16.9. The topological polar surface area (TPSA) is 80.1 Å². The molecule has 4 aromatic rings. The van der Waals surface area contributed by atoms with E-state index in [1.807, 2.05) is 12.1 Å². The van der Waals surface area contributed by atoms with E-state index >= 15 is 4.39 Å². The van der Waals surface area contributed by atoms with Gasteiger partial charge in [-0.05, 0) is 55.3 Å². The monoisotopic (exact) mass is 489 g/mol. The molecule has 1 aliphatic rings. The van der Waals surface area contributed by atoms with Gasteiger partial charge in [-0.3, -0.25) is 14.5 Å². The minimum Gasteiger partial charge on any atom is -0.351 e. The summed E-state index contributed by atoms with van der Waals surface area (Å²) < 4.78 is 30.3. The number of rotatable bonds is 7. The second-order valence-electron chi connectivity index (χ2n) is 8.89. The van der Waals surface area contributed by atoms with Crippen LogP contribution in [0.4, 0.5) is 14.5 Å². The van der Waals surface area contributed by atoms with E-state index in [-0.39, 0.29) is 23.8 Å². The molecule has 5 rings (SSSR count). The number of carbonyl (C=O) groups excluding carboxylic acids is 2. The second-order valence-corrected chi connectivity index (χ2v) is 8.89. The van der Waals surface area contributed by atoms with Crippen LogP contribution in [0.25, 0.3) is 11.0 Å². The van der Waals surface area contributed by atoms with E-state index in [9.17, 15) is 14.0 Å². The highest BCUT2D eigenvalue weighted by Gasteiger charge is 2.36. The van der Waals surface area contributed by atoms with Crippen molar-refractivity contribution in [2.75, 3.05) is 4.90 Å². The number of aromatic nitrogens is 3. The molecule has 1 unspecified atom stereocenters. The number of amides is 2. The minimum atomic E-state index is -1.31. The molecule has 1 fully saturated rings. The summed E-state index contributed by atoms with van der Waals surface area (Å²) in [6.07, 6.45) is 3.64. The molecule has 1 saturated carbocycles. The summed E-state index contributed by atoms with van der Waals surface area (Å²) in [5, 5.41) is 11.2. The van der Waals surface area contributed by atoms with Crippen molar-refractivity contribution >= 4 is 28.5 Å². The molecule has 1 aliphatic carbocycles. The molecule has 0 spiro atoms. The number of halogens is 2. The van der Waals surface area contributed by atoms with E-state index in [1.54, 1.807) is 18.2 Å². The van der Waals surface area contributed by atoms with Crippen LogP contribution in [-0.4, -0.2) is 32.9 Å². The Balaban J connectivity index is 1.58. The lowest BCUT2D eigenvalue weighted by Crippen LogP contribution is -2.47. The lowest BCUT2D eigenvalue weighted by molar-refractivity contribution is -0.127. The normalized spacial score (nSPS) is 14.6. The largest absolute Gasteiger partial charge is 0.351 e. The average molecular weight is 490 g/mol. The van der Waals surface area contributed by atoms with Crippen LogP contribution in [0.1, 0.15) is 37.3 Å². The number of para-hydroxylation sites is 1. The molecule has 0 aliphatic heterocycles. The first kappa shape index (κ1) is 23.6. The van der Waals surface area contributed by atoms with Crippen LogP contribution in [0.3, 0.4) is 0 Å². The van der Waals surface area contributed by atoms with Gasteiger partial charge in [-0.25, -0.2) is 13.5 Å².